The lowest BCUT2D eigenvalue weighted by Gasteiger charge is -2.18. The molecule has 6 heteroatoms. The molecule has 1 aromatic heterocycles. The van der Waals surface area contributed by atoms with Crippen molar-refractivity contribution in [1.82, 2.24) is 5.32 Å². The van der Waals surface area contributed by atoms with Crippen molar-refractivity contribution in [3.05, 3.63) is 47.1 Å². The summed E-state index contributed by atoms with van der Waals surface area (Å²) in [5.41, 5.74) is 0.855. The van der Waals surface area contributed by atoms with Gasteiger partial charge in [-0.25, -0.2) is 4.39 Å². The first-order valence-corrected chi connectivity index (χ1v) is 8.97. The van der Waals surface area contributed by atoms with Gasteiger partial charge in [0.1, 0.15) is 11.6 Å². The summed E-state index contributed by atoms with van der Waals surface area (Å²) < 4.78 is 20.0. The molecule has 3 nitrogen and oxygen atoms in total. The number of thiophene rings is 1. The maximum Gasteiger partial charge on any atom is 0.230 e. The van der Waals surface area contributed by atoms with Crippen molar-refractivity contribution in [2.75, 3.05) is 12.4 Å². The van der Waals surface area contributed by atoms with Gasteiger partial charge in [0.25, 0.3) is 0 Å². The van der Waals surface area contributed by atoms with E-state index in [1.54, 1.807) is 17.4 Å². The zero-order valence-electron chi connectivity index (χ0n) is 11.9. The molecule has 0 saturated carbocycles. The fourth-order valence-electron chi connectivity index (χ4n) is 2.41. The van der Waals surface area contributed by atoms with E-state index in [0.717, 1.165) is 22.6 Å². The number of amides is 1. The minimum Gasteiger partial charge on any atom is -0.493 e. The first kappa shape index (κ1) is 15.4. The maximum absolute atomic E-state index is 13.3. The number of halogens is 1. The number of ether oxygens (including phenoxy) is 1. The second-order valence-corrected chi connectivity index (χ2v) is 7.24. The minimum absolute atomic E-state index is 0.0134. The lowest BCUT2D eigenvalue weighted by molar-refractivity contribution is -0.119. The van der Waals surface area contributed by atoms with Gasteiger partial charge in [0.15, 0.2) is 0 Å². The number of nitrogens with one attached hydrogen (secondary N) is 1. The predicted octanol–water partition coefficient (Wildman–Crippen LogP) is 4.01. The third kappa shape index (κ3) is 3.81. The van der Waals surface area contributed by atoms with Crippen LogP contribution in [0.3, 0.4) is 0 Å². The lowest BCUT2D eigenvalue weighted by atomic mass is 10.0. The smallest absolute Gasteiger partial charge is 0.230 e. The summed E-state index contributed by atoms with van der Waals surface area (Å²) in [4.78, 5) is 12.2. The normalized spacial score (nSPS) is 17.2. The standard InChI is InChI=1S/C16H16FNO2S2/c17-11-5-6-12-13(3-1-7-20-14(12)9-11)18-15(19)10-22-16-4-2-8-21-16/h2,4-6,8-9,13H,1,3,7,10H2,(H,18,19)/t13-/m1/s1. The number of carbonyl (C=O) groups is 1. The van der Waals surface area contributed by atoms with Crippen LogP contribution >= 0.6 is 23.1 Å². The Hall–Kier alpha value is -1.53. The van der Waals surface area contributed by atoms with Gasteiger partial charge in [0.2, 0.25) is 5.91 Å². The van der Waals surface area contributed by atoms with Gasteiger partial charge in [-0.1, -0.05) is 12.1 Å². The molecule has 1 aromatic carbocycles. The first-order chi connectivity index (χ1) is 10.7. The van der Waals surface area contributed by atoms with Gasteiger partial charge < -0.3 is 10.1 Å². The van der Waals surface area contributed by atoms with Gasteiger partial charge in [-0.2, -0.15) is 0 Å². The quantitative estimate of drug-likeness (QED) is 0.857. The van der Waals surface area contributed by atoms with E-state index in [4.69, 9.17) is 4.74 Å². The zero-order valence-corrected chi connectivity index (χ0v) is 13.5. The first-order valence-electron chi connectivity index (χ1n) is 7.10. The molecule has 0 aliphatic carbocycles. The Morgan fingerprint density at radius 2 is 2.36 bits per heavy atom. The maximum atomic E-state index is 13.3. The van der Waals surface area contributed by atoms with E-state index in [0.29, 0.717) is 18.1 Å². The van der Waals surface area contributed by atoms with Crippen LogP contribution in [-0.2, 0) is 4.79 Å². The number of benzene rings is 1. The van der Waals surface area contributed by atoms with Crippen LogP contribution in [0.25, 0.3) is 0 Å². The van der Waals surface area contributed by atoms with Crippen LogP contribution in [0.2, 0.25) is 0 Å². The highest BCUT2D eigenvalue weighted by atomic mass is 32.2. The molecule has 0 radical (unpaired) electrons. The zero-order chi connectivity index (χ0) is 15.4. The molecule has 116 valence electrons. The van der Waals surface area contributed by atoms with E-state index in [9.17, 15) is 9.18 Å². The summed E-state index contributed by atoms with van der Waals surface area (Å²) in [6.07, 6.45) is 1.63. The van der Waals surface area contributed by atoms with Crippen molar-refractivity contribution < 1.29 is 13.9 Å². The predicted molar refractivity (Wildman–Crippen MR) is 87.1 cm³/mol. The van der Waals surface area contributed by atoms with E-state index in [2.05, 4.69) is 5.32 Å². The van der Waals surface area contributed by atoms with Crippen LogP contribution in [0.15, 0.2) is 39.9 Å². The highest BCUT2D eigenvalue weighted by Crippen LogP contribution is 2.32. The van der Waals surface area contributed by atoms with Gasteiger partial charge in [-0.05, 0) is 30.4 Å². The topological polar surface area (TPSA) is 38.3 Å². The average molecular weight is 337 g/mol. The van der Waals surface area contributed by atoms with Crippen LogP contribution in [0.4, 0.5) is 4.39 Å². The summed E-state index contributed by atoms with van der Waals surface area (Å²) in [5.74, 6) is 0.585. The molecule has 1 atom stereocenters. The van der Waals surface area contributed by atoms with Crippen LogP contribution in [-0.4, -0.2) is 18.3 Å². The van der Waals surface area contributed by atoms with Crippen molar-refractivity contribution in [2.45, 2.75) is 23.1 Å². The number of rotatable bonds is 4. The second-order valence-electron chi connectivity index (χ2n) is 5.01. The lowest BCUT2D eigenvalue weighted by Crippen LogP contribution is -2.29. The van der Waals surface area contributed by atoms with E-state index in [-0.39, 0.29) is 17.8 Å². The number of hydrogen-bond donors (Lipinski definition) is 1. The second kappa shape index (κ2) is 7.15. The molecule has 0 bridgehead atoms. The Morgan fingerprint density at radius 1 is 1.45 bits per heavy atom. The van der Waals surface area contributed by atoms with Gasteiger partial charge in [0.05, 0.1) is 22.6 Å². The molecule has 1 aliphatic rings. The van der Waals surface area contributed by atoms with Crippen LogP contribution in [0.5, 0.6) is 5.75 Å². The van der Waals surface area contributed by atoms with E-state index in [1.165, 1.54) is 23.9 Å². The van der Waals surface area contributed by atoms with Crippen molar-refractivity contribution in [3.63, 3.8) is 0 Å². The van der Waals surface area contributed by atoms with E-state index < -0.39 is 0 Å². The molecule has 2 aromatic rings. The average Bonchev–Trinajstić information content (AvgIpc) is 2.95. The number of fused-ring (bicyclic) bond motifs is 1. The largest absolute Gasteiger partial charge is 0.493 e. The minimum atomic E-state index is -0.320. The summed E-state index contributed by atoms with van der Waals surface area (Å²) in [7, 11) is 0. The van der Waals surface area contributed by atoms with Crippen molar-refractivity contribution >= 4 is 29.0 Å². The molecule has 2 heterocycles. The summed E-state index contributed by atoms with van der Waals surface area (Å²) >= 11 is 3.15. The molecule has 0 saturated heterocycles. The fourth-order valence-corrected chi connectivity index (χ4v) is 4.01. The third-order valence-corrected chi connectivity index (χ3v) is 5.55. The molecule has 1 amide bonds. The highest BCUT2D eigenvalue weighted by Gasteiger charge is 2.22. The molecule has 0 unspecified atom stereocenters. The van der Waals surface area contributed by atoms with Gasteiger partial charge in [0, 0.05) is 11.6 Å². The third-order valence-electron chi connectivity index (χ3n) is 3.42. The summed E-state index contributed by atoms with van der Waals surface area (Å²) in [6.45, 7) is 0.548. The Bertz CT molecular complexity index is 646. The van der Waals surface area contributed by atoms with Gasteiger partial charge >= 0.3 is 0 Å². The fraction of sp³-hybridized carbons (Fsp3) is 0.312. The Labute approximate surface area is 136 Å². The van der Waals surface area contributed by atoms with E-state index >= 15 is 0 Å². The molecule has 1 aliphatic heterocycles. The molecular weight excluding hydrogens is 321 g/mol. The summed E-state index contributed by atoms with van der Waals surface area (Å²) in [6, 6.07) is 8.36. The highest BCUT2D eigenvalue weighted by molar-refractivity contribution is 8.01. The van der Waals surface area contributed by atoms with Crippen LogP contribution in [0, 0.1) is 5.82 Å². The SMILES string of the molecule is O=C(CSc1cccs1)N[C@@H]1CCCOc2cc(F)ccc21. The van der Waals surface area contributed by atoms with Gasteiger partial charge in [-0.15, -0.1) is 23.1 Å². The Morgan fingerprint density at radius 3 is 3.18 bits per heavy atom. The monoisotopic (exact) mass is 337 g/mol. The van der Waals surface area contributed by atoms with Crippen LogP contribution in [0.1, 0.15) is 24.4 Å². The number of thioether (sulfide) groups is 1. The van der Waals surface area contributed by atoms with Crippen molar-refractivity contribution in [2.24, 2.45) is 0 Å². The van der Waals surface area contributed by atoms with Gasteiger partial charge in [-0.3, -0.25) is 4.79 Å². The van der Waals surface area contributed by atoms with Crippen LogP contribution < -0.4 is 10.1 Å². The van der Waals surface area contributed by atoms with Crippen molar-refractivity contribution in [1.29, 1.82) is 0 Å². The molecular formula is C16H16FNO2S2. The Balaban J connectivity index is 1.65. The summed E-state index contributed by atoms with van der Waals surface area (Å²) in [5, 5.41) is 5.03. The Kier molecular flexibility index (Phi) is 5.00. The molecule has 0 spiro atoms. The molecule has 0 fully saturated rings. The molecule has 22 heavy (non-hydrogen) atoms. The molecule has 3 rings (SSSR count). The van der Waals surface area contributed by atoms with E-state index in [1.807, 2.05) is 17.5 Å². The number of carbonyl (C=O) groups excluding carboxylic acids is 1. The molecule has 1 N–H and O–H groups in total. The number of hydrogen-bond acceptors (Lipinski definition) is 4. The van der Waals surface area contributed by atoms with Crippen molar-refractivity contribution in [3.8, 4) is 5.75 Å².